The van der Waals surface area contributed by atoms with Gasteiger partial charge in [0.15, 0.2) is 0 Å². The average molecular weight is 416 g/mol. The van der Waals surface area contributed by atoms with E-state index < -0.39 is 12.1 Å². The Labute approximate surface area is 178 Å². The van der Waals surface area contributed by atoms with Crippen LogP contribution in [0.3, 0.4) is 0 Å². The molecule has 2 heterocycles. The third kappa shape index (κ3) is 6.53. The average Bonchev–Trinajstić information content (AvgIpc) is 2.79. The number of piperidine rings is 1. The summed E-state index contributed by atoms with van der Waals surface area (Å²) in [6.45, 7) is 7.29. The molecule has 0 saturated carbocycles. The Balaban J connectivity index is 1.36. The summed E-state index contributed by atoms with van der Waals surface area (Å²) in [6, 6.07) is 8.68. The molecule has 0 aromatic heterocycles. The van der Waals surface area contributed by atoms with Crippen LogP contribution in [0.15, 0.2) is 30.3 Å². The van der Waals surface area contributed by atoms with Crippen LogP contribution < -0.4 is 10.6 Å². The quantitative estimate of drug-likeness (QED) is 0.725. The fourth-order valence-electron chi connectivity index (χ4n) is 3.95. The SMILES string of the molecule is CC(C(=O)NC(=O)NCc1ccccc1)N1CCN(CC(=O)N2CCCCC2)CC1. The van der Waals surface area contributed by atoms with Crippen LogP contribution in [0, 0.1) is 0 Å². The van der Waals surface area contributed by atoms with Crippen LogP contribution in [-0.4, -0.2) is 84.4 Å². The van der Waals surface area contributed by atoms with Crippen LogP contribution in [0.2, 0.25) is 0 Å². The highest BCUT2D eigenvalue weighted by Crippen LogP contribution is 2.11. The molecule has 1 atom stereocenters. The van der Waals surface area contributed by atoms with Gasteiger partial charge in [-0.25, -0.2) is 4.79 Å². The Morgan fingerprint density at radius 1 is 0.933 bits per heavy atom. The van der Waals surface area contributed by atoms with Crippen LogP contribution in [0.1, 0.15) is 31.7 Å². The Morgan fingerprint density at radius 3 is 2.27 bits per heavy atom. The van der Waals surface area contributed by atoms with Gasteiger partial charge in [-0.15, -0.1) is 0 Å². The van der Waals surface area contributed by atoms with Crippen molar-refractivity contribution in [1.82, 2.24) is 25.3 Å². The summed E-state index contributed by atoms with van der Waals surface area (Å²) in [5, 5.41) is 5.14. The number of benzene rings is 1. The Hall–Kier alpha value is -2.45. The predicted molar refractivity (Wildman–Crippen MR) is 115 cm³/mol. The molecular formula is C22H33N5O3. The number of carbonyl (C=O) groups is 3. The molecule has 3 rings (SSSR count). The highest BCUT2D eigenvalue weighted by atomic mass is 16.2. The van der Waals surface area contributed by atoms with Crippen molar-refractivity contribution >= 4 is 17.8 Å². The van der Waals surface area contributed by atoms with Crippen LogP contribution in [-0.2, 0) is 16.1 Å². The standard InChI is InChI=1S/C22H33N5O3/c1-18(21(29)24-22(30)23-16-19-8-4-2-5-9-19)26-14-12-25(13-15-26)17-20(28)27-10-6-3-7-11-27/h2,4-5,8-9,18H,3,6-7,10-17H2,1H3,(H2,23,24,29,30). The molecule has 30 heavy (non-hydrogen) atoms. The molecule has 2 N–H and O–H groups in total. The highest BCUT2D eigenvalue weighted by molar-refractivity contribution is 5.96. The van der Waals surface area contributed by atoms with Crippen LogP contribution in [0.4, 0.5) is 4.79 Å². The topological polar surface area (TPSA) is 85.0 Å². The van der Waals surface area contributed by atoms with Gasteiger partial charge in [0.25, 0.3) is 0 Å². The lowest BCUT2D eigenvalue weighted by molar-refractivity contribution is -0.134. The van der Waals surface area contributed by atoms with E-state index in [2.05, 4.69) is 20.4 Å². The molecule has 2 aliphatic heterocycles. The molecule has 2 saturated heterocycles. The number of hydrogen-bond acceptors (Lipinski definition) is 5. The van der Waals surface area contributed by atoms with E-state index >= 15 is 0 Å². The monoisotopic (exact) mass is 415 g/mol. The first kappa shape index (κ1) is 22.2. The lowest BCUT2D eigenvalue weighted by Crippen LogP contribution is -2.56. The lowest BCUT2D eigenvalue weighted by Gasteiger charge is -2.38. The second-order valence-corrected chi connectivity index (χ2v) is 8.09. The third-order valence-electron chi connectivity index (χ3n) is 5.93. The van der Waals surface area contributed by atoms with Crippen molar-refractivity contribution < 1.29 is 14.4 Å². The number of carbonyl (C=O) groups excluding carboxylic acids is 3. The maximum Gasteiger partial charge on any atom is 0.321 e. The van der Waals surface area contributed by atoms with E-state index in [1.807, 2.05) is 42.2 Å². The van der Waals surface area contributed by atoms with Crippen molar-refractivity contribution in [2.24, 2.45) is 0 Å². The molecule has 8 nitrogen and oxygen atoms in total. The first-order valence-corrected chi connectivity index (χ1v) is 10.9. The van der Waals surface area contributed by atoms with Gasteiger partial charge in [-0.1, -0.05) is 30.3 Å². The van der Waals surface area contributed by atoms with Gasteiger partial charge in [-0.3, -0.25) is 24.7 Å². The zero-order chi connectivity index (χ0) is 21.3. The zero-order valence-corrected chi connectivity index (χ0v) is 17.8. The maximum atomic E-state index is 12.4. The van der Waals surface area contributed by atoms with Gasteiger partial charge in [-0.05, 0) is 31.7 Å². The number of imide groups is 1. The fourth-order valence-corrected chi connectivity index (χ4v) is 3.95. The predicted octanol–water partition coefficient (Wildman–Crippen LogP) is 1.03. The van der Waals surface area contributed by atoms with Gasteiger partial charge in [0, 0.05) is 45.8 Å². The first-order chi connectivity index (χ1) is 14.5. The van der Waals surface area contributed by atoms with Crippen LogP contribution in [0.25, 0.3) is 0 Å². The summed E-state index contributed by atoms with van der Waals surface area (Å²) in [5.74, 6) is -0.0950. The van der Waals surface area contributed by atoms with Gasteiger partial charge in [-0.2, -0.15) is 0 Å². The third-order valence-corrected chi connectivity index (χ3v) is 5.93. The number of likely N-dealkylation sites (tertiary alicyclic amines) is 1. The zero-order valence-electron chi connectivity index (χ0n) is 17.8. The molecule has 1 aromatic carbocycles. The normalized spacial score (nSPS) is 19.2. The lowest BCUT2D eigenvalue weighted by atomic mass is 10.1. The Morgan fingerprint density at radius 2 is 1.60 bits per heavy atom. The number of amides is 4. The van der Waals surface area contributed by atoms with Gasteiger partial charge >= 0.3 is 6.03 Å². The molecule has 4 amide bonds. The largest absolute Gasteiger partial charge is 0.342 e. The molecule has 8 heteroatoms. The summed E-state index contributed by atoms with van der Waals surface area (Å²) >= 11 is 0. The summed E-state index contributed by atoms with van der Waals surface area (Å²) < 4.78 is 0. The van der Waals surface area contributed by atoms with Gasteiger partial charge < -0.3 is 10.2 Å². The molecular weight excluding hydrogens is 382 g/mol. The minimum absolute atomic E-state index is 0.212. The summed E-state index contributed by atoms with van der Waals surface area (Å²) in [6.07, 6.45) is 3.42. The van der Waals surface area contributed by atoms with E-state index in [9.17, 15) is 14.4 Å². The minimum Gasteiger partial charge on any atom is -0.342 e. The fraction of sp³-hybridized carbons (Fsp3) is 0.591. The first-order valence-electron chi connectivity index (χ1n) is 10.9. The van der Waals surface area contributed by atoms with Gasteiger partial charge in [0.05, 0.1) is 12.6 Å². The van der Waals surface area contributed by atoms with E-state index in [4.69, 9.17) is 0 Å². The summed E-state index contributed by atoms with van der Waals surface area (Å²) in [5.41, 5.74) is 0.975. The van der Waals surface area contributed by atoms with E-state index in [1.165, 1.54) is 6.42 Å². The molecule has 0 spiro atoms. The number of nitrogens with one attached hydrogen (secondary N) is 2. The van der Waals surface area contributed by atoms with Gasteiger partial charge in [0.1, 0.15) is 0 Å². The number of piperazine rings is 1. The minimum atomic E-state index is -0.485. The van der Waals surface area contributed by atoms with Crippen LogP contribution in [0.5, 0.6) is 0 Å². The van der Waals surface area contributed by atoms with Crippen molar-refractivity contribution in [2.45, 2.75) is 38.8 Å². The molecule has 2 aliphatic rings. The van der Waals surface area contributed by atoms with Crippen molar-refractivity contribution in [1.29, 1.82) is 0 Å². The second-order valence-electron chi connectivity index (χ2n) is 8.09. The Bertz CT molecular complexity index is 713. The van der Waals surface area contributed by atoms with E-state index in [1.54, 1.807) is 0 Å². The molecule has 1 unspecified atom stereocenters. The number of rotatable bonds is 6. The van der Waals surface area contributed by atoms with E-state index in [-0.39, 0.29) is 11.8 Å². The van der Waals surface area contributed by atoms with E-state index in [0.717, 1.165) is 44.6 Å². The maximum absolute atomic E-state index is 12.4. The molecule has 2 fully saturated rings. The number of hydrogen-bond donors (Lipinski definition) is 2. The molecule has 0 bridgehead atoms. The Kier molecular flexibility index (Phi) is 8.21. The highest BCUT2D eigenvalue weighted by Gasteiger charge is 2.28. The van der Waals surface area contributed by atoms with E-state index in [0.29, 0.717) is 26.2 Å². The van der Waals surface area contributed by atoms with Crippen molar-refractivity contribution in [2.75, 3.05) is 45.8 Å². The molecule has 1 aromatic rings. The summed E-state index contributed by atoms with van der Waals surface area (Å²) in [7, 11) is 0. The smallest absolute Gasteiger partial charge is 0.321 e. The van der Waals surface area contributed by atoms with Crippen molar-refractivity contribution in [3.63, 3.8) is 0 Å². The molecule has 0 aliphatic carbocycles. The molecule has 0 radical (unpaired) electrons. The van der Waals surface area contributed by atoms with Crippen molar-refractivity contribution in [3.05, 3.63) is 35.9 Å². The van der Waals surface area contributed by atoms with Gasteiger partial charge in [0.2, 0.25) is 11.8 Å². The van der Waals surface area contributed by atoms with Crippen LogP contribution >= 0.6 is 0 Å². The van der Waals surface area contributed by atoms with Crippen molar-refractivity contribution in [3.8, 4) is 0 Å². The second kappa shape index (κ2) is 11.1. The summed E-state index contributed by atoms with van der Waals surface area (Å²) in [4.78, 5) is 43.1. The number of nitrogens with zero attached hydrogens (tertiary/aromatic N) is 3. The molecule has 164 valence electrons. The number of urea groups is 1.